The molecule has 2 heterocycles. The zero-order valence-electron chi connectivity index (χ0n) is 8.80. The summed E-state index contributed by atoms with van der Waals surface area (Å²) < 4.78 is 6.43. The van der Waals surface area contributed by atoms with Crippen molar-refractivity contribution >= 4 is 5.91 Å². The molecule has 1 fully saturated rings. The Morgan fingerprint density at radius 3 is 2.71 bits per heavy atom. The van der Waals surface area contributed by atoms with E-state index >= 15 is 0 Å². The average Bonchev–Trinajstić information content (AvgIpc) is 2.87. The third-order valence-electron chi connectivity index (χ3n) is 2.56. The molecule has 4 atom stereocenters. The van der Waals surface area contributed by atoms with Crippen LogP contribution < -0.4 is 11.5 Å². The largest absolute Gasteiger partial charge is 0.387 e. The zero-order valence-corrected chi connectivity index (χ0v) is 8.80. The summed E-state index contributed by atoms with van der Waals surface area (Å²) in [6.07, 6.45) is -2.72. The molecule has 9 heteroatoms. The molecule has 17 heavy (non-hydrogen) atoms. The summed E-state index contributed by atoms with van der Waals surface area (Å²) in [4.78, 5) is 14.5. The molecule has 94 valence electrons. The summed E-state index contributed by atoms with van der Waals surface area (Å²) in [5.41, 5.74) is 10.4. The van der Waals surface area contributed by atoms with Gasteiger partial charge in [0.05, 0.1) is 0 Å². The lowest BCUT2D eigenvalue weighted by Gasteiger charge is -2.13. The minimum atomic E-state index is -1.19. The molecule has 0 aliphatic carbocycles. The monoisotopic (exact) mass is 243 g/mol. The first-order valence-corrected chi connectivity index (χ1v) is 4.97. The Hall–Kier alpha value is -1.55. The first-order chi connectivity index (χ1) is 8.04. The molecule has 2 rings (SSSR count). The molecule has 1 aromatic rings. The van der Waals surface area contributed by atoms with Gasteiger partial charge in [0.1, 0.15) is 24.6 Å². The van der Waals surface area contributed by atoms with Crippen LogP contribution in [0.25, 0.3) is 0 Å². The van der Waals surface area contributed by atoms with Gasteiger partial charge in [-0.05, 0) is 0 Å². The molecule has 0 unspecified atom stereocenters. The van der Waals surface area contributed by atoms with Crippen LogP contribution >= 0.6 is 0 Å². The van der Waals surface area contributed by atoms with Crippen molar-refractivity contribution < 1.29 is 19.7 Å². The van der Waals surface area contributed by atoms with Crippen LogP contribution in [0.2, 0.25) is 0 Å². The van der Waals surface area contributed by atoms with Gasteiger partial charge in [0.25, 0.3) is 5.91 Å². The van der Waals surface area contributed by atoms with E-state index < -0.39 is 30.4 Å². The van der Waals surface area contributed by atoms with E-state index in [4.69, 9.17) is 16.2 Å². The van der Waals surface area contributed by atoms with Gasteiger partial charge >= 0.3 is 0 Å². The van der Waals surface area contributed by atoms with E-state index in [1.807, 2.05) is 0 Å². The van der Waals surface area contributed by atoms with Gasteiger partial charge in [0.2, 0.25) is 5.82 Å². The number of aliphatic hydroxyl groups is 2. The molecule has 0 radical (unpaired) electrons. The highest BCUT2D eigenvalue weighted by atomic mass is 16.6. The standard InChI is InChI=1S/C8H13N5O4/c9-1-3-4(14)5(15)8(17-3)13-2-11-7(12-13)6(10)16/h2-5,8,14-15H,1,9H2,(H2,10,16)/t3-,4-,5-,8-/m1/s1. The van der Waals surface area contributed by atoms with Gasteiger partial charge in [-0.25, -0.2) is 9.67 Å². The van der Waals surface area contributed by atoms with Crippen LogP contribution in [-0.2, 0) is 4.74 Å². The fourth-order valence-corrected chi connectivity index (χ4v) is 1.65. The first kappa shape index (κ1) is 11.9. The van der Waals surface area contributed by atoms with Crippen molar-refractivity contribution in [3.63, 3.8) is 0 Å². The van der Waals surface area contributed by atoms with Crippen molar-refractivity contribution in [2.24, 2.45) is 11.5 Å². The van der Waals surface area contributed by atoms with Gasteiger partial charge in [0.15, 0.2) is 6.23 Å². The third kappa shape index (κ3) is 2.00. The van der Waals surface area contributed by atoms with Crippen LogP contribution in [-0.4, -0.2) is 55.7 Å². The number of carbonyl (C=O) groups is 1. The lowest BCUT2D eigenvalue weighted by atomic mass is 10.1. The molecular formula is C8H13N5O4. The predicted octanol–water partition coefficient (Wildman–Crippen LogP) is -3.05. The lowest BCUT2D eigenvalue weighted by molar-refractivity contribution is -0.0420. The molecular weight excluding hydrogens is 230 g/mol. The second kappa shape index (κ2) is 4.37. The van der Waals surface area contributed by atoms with Gasteiger partial charge < -0.3 is 26.4 Å². The van der Waals surface area contributed by atoms with Crippen LogP contribution in [0.4, 0.5) is 0 Å². The summed E-state index contributed by atoms with van der Waals surface area (Å²) in [6.45, 7) is 0.0616. The number of amides is 1. The number of hydrogen-bond donors (Lipinski definition) is 4. The van der Waals surface area contributed by atoms with Gasteiger partial charge in [-0.2, -0.15) is 0 Å². The lowest BCUT2D eigenvalue weighted by Crippen LogP contribution is -2.35. The molecule has 0 aromatic carbocycles. The SMILES string of the molecule is NC[C@H]1O[C@@H](n2cnc(C(N)=O)n2)[C@H](O)[C@@H]1O. The Bertz CT molecular complexity index is 422. The molecule has 1 aliphatic rings. The van der Waals surface area contributed by atoms with Crippen LogP contribution in [0.15, 0.2) is 6.33 Å². The Kier molecular flexibility index (Phi) is 3.07. The Balaban J connectivity index is 2.19. The van der Waals surface area contributed by atoms with Crippen molar-refractivity contribution in [3.8, 4) is 0 Å². The molecule has 9 nitrogen and oxygen atoms in total. The van der Waals surface area contributed by atoms with E-state index in [2.05, 4.69) is 10.1 Å². The summed E-state index contributed by atoms with van der Waals surface area (Å²) in [5.74, 6) is -0.973. The molecule has 1 saturated heterocycles. The Morgan fingerprint density at radius 2 is 2.24 bits per heavy atom. The van der Waals surface area contributed by atoms with Crippen molar-refractivity contribution in [2.75, 3.05) is 6.54 Å². The van der Waals surface area contributed by atoms with Crippen LogP contribution in [0.5, 0.6) is 0 Å². The predicted molar refractivity (Wildman–Crippen MR) is 53.5 cm³/mol. The number of carbonyl (C=O) groups excluding carboxylic acids is 1. The zero-order chi connectivity index (χ0) is 12.6. The number of nitrogens with zero attached hydrogens (tertiary/aromatic N) is 3. The third-order valence-corrected chi connectivity index (χ3v) is 2.56. The van der Waals surface area contributed by atoms with Crippen LogP contribution in [0, 0.1) is 0 Å². The van der Waals surface area contributed by atoms with E-state index in [1.54, 1.807) is 0 Å². The Morgan fingerprint density at radius 1 is 1.53 bits per heavy atom. The molecule has 6 N–H and O–H groups in total. The maximum Gasteiger partial charge on any atom is 0.288 e. The average molecular weight is 243 g/mol. The minimum Gasteiger partial charge on any atom is -0.387 e. The number of primary amides is 1. The number of ether oxygens (including phenoxy) is 1. The van der Waals surface area contributed by atoms with Gasteiger partial charge in [0, 0.05) is 6.54 Å². The molecule has 1 aromatic heterocycles. The number of hydrogen-bond acceptors (Lipinski definition) is 7. The van der Waals surface area contributed by atoms with Crippen LogP contribution in [0.3, 0.4) is 0 Å². The summed E-state index contributed by atoms with van der Waals surface area (Å²) in [5, 5.41) is 23.1. The summed E-state index contributed by atoms with van der Waals surface area (Å²) >= 11 is 0. The maximum absolute atomic E-state index is 10.8. The first-order valence-electron chi connectivity index (χ1n) is 4.97. The second-order valence-corrected chi connectivity index (χ2v) is 3.69. The van der Waals surface area contributed by atoms with Crippen molar-refractivity contribution in [2.45, 2.75) is 24.5 Å². The van der Waals surface area contributed by atoms with Gasteiger partial charge in [-0.15, -0.1) is 5.10 Å². The highest BCUT2D eigenvalue weighted by Gasteiger charge is 2.43. The molecule has 1 amide bonds. The molecule has 0 spiro atoms. The van der Waals surface area contributed by atoms with Gasteiger partial charge in [-0.3, -0.25) is 4.79 Å². The van der Waals surface area contributed by atoms with Crippen molar-refractivity contribution in [3.05, 3.63) is 12.2 Å². The number of rotatable bonds is 3. The second-order valence-electron chi connectivity index (χ2n) is 3.69. The van der Waals surface area contributed by atoms with Crippen molar-refractivity contribution in [1.29, 1.82) is 0 Å². The summed E-state index contributed by atoms with van der Waals surface area (Å²) in [7, 11) is 0. The van der Waals surface area contributed by atoms with E-state index in [1.165, 1.54) is 6.33 Å². The smallest absolute Gasteiger partial charge is 0.288 e. The minimum absolute atomic E-state index is 0.0616. The summed E-state index contributed by atoms with van der Waals surface area (Å²) in [6, 6.07) is 0. The number of aromatic nitrogens is 3. The highest BCUT2D eigenvalue weighted by Crippen LogP contribution is 2.27. The fraction of sp³-hybridized carbons (Fsp3) is 0.625. The molecule has 1 aliphatic heterocycles. The number of aliphatic hydroxyl groups excluding tert-OH is 2. The highest BCUT2D eigenvalue weighted by molar-refractivity contribution is 5.88. The molecule has 0 saturated carbocycles. The normalized spacial score (nSPS) is 32.9. The van der Waals surface area contributed by atoms with Crippen LogP contribution in [0.1, 0.15) is 16.8 Å². The van der Waals surface area contributed by atoms with Gasteiger partial charge in [-0.1, -0.05) is 0 Å². The van der Waals surface area contributed by atoms with E-state index in [-0.39, 0.29) is 12.4 Å². The van der Waals surface area contributed by atoms with Crippen molar-refractivity contribution in [1.82, 2.24) is 14.8 Å². The quantitative estimate of drug-likeness (QED) is 0.440. The number of nitrogens with two attached hydrogens (primary N) is 2. The topological polar surface area (TPSA) is 150 Å². The molecule has 0 bridgehead atoms. The van der Waals surface area contributed by atoms with E-state index in [9.17, 15) is 15.0 Å². The maximum atomic E-state index is 10.8. The van der Waals surface area contributed by atoms with E-state index in [0.717, 1.165) is 4.68 Å². The Labute approximate surface area is 96.0 Å². The fourth-order valence-electron chi connectivity index (χ4n) is 1.65. The van der Waals surface area contributed by atoms with E-state index in [0.29, 0.717) is 0 Å².